The molecule has 184 valence electrons. The molecule has 5 rings (SSSR count). The molecule has 0 radical (unpaired) electrons. The summed E-state index contributed by atoms with van der Waals surface area (Å²) in [7, 11) is 0. The lowest BCUT2D eigenvalue weighted by molar-refractivity contribution is 0.0835. The fourth-order valence-corrected chi connectivity index (χ4v) is 5.65. The minimum atomic E-state index is -0.295. The highest BCUT2D eigenvalue weighted by Crippen LogP contribution is 2.37. The SMILES string of the molecule is [C-]#[N+]c1c(-c2ccccc2C(=O)N[C@@H](C)c2ccccc2)nnn1C(=O)N1CCCC2CCCCC21. The van der Waals surface area contributed by atoms with E-state index in [4.69, 9.17) is 6.57 Å². The number of nitrogens with zero attached hydrogens (tertiary/aromatic N) is 5. The second-order valence-electron chi connectivity index (χ2n) is 9.67. The van der Waals surface area contributed by atoms with Gasteiger partial charge in [0.15, 0.2) is 0 Å². The molecule has 1 saturated carbocycles. The number of likely N-dealkylation sites (tertiary alicyclic amines) is 1. The van der Waals surface area contributed by atoms with Gasteiger partial charge < -0.3 is 15.1 Å². The van der Waals surface area contributed by atoms with Gasteiger partial charge in [0.05, 0.1) is 6.04 Å². The van der Waals surface area contributed by atoms with Crippen LogP contribution in [0.4, 0.5) is 10.6 Å². The zero-order valence-corrected chi connectivity index (χ0v) is 20.4. The van der Waals surface area contributed by atoms with Crippen LogP contribution in [0.2, 0.25) is 0 Å². The summed E-state index contributed by atoms with van der Waals surface area (Å²) in [6.07, 6.45) is 6.59. The van der Waals surface area contributed by atoms with E-state index < -0.39 is 0 Å². The Morgan fingerprint density at radius 3 is 2.56 bits per heavy atom. The van der Waals surface area contributed by atoms with Crippen LogP contribution >= 0.6 is 0 Å². The number of aromatic nitrogens is 3. The summed E-state index contributed by atoms with van der Waals surface area (Å²) >= 11 is 0. The number of hydrogen-bond acceptors (Lipinski definition) is 4. The van der Waals surface area contributed by atoms with Crippen molar-refractivity contribution in [1.82, 2.24) is 25.2 Å². The first kappa shape index (κ1) is 23.7. The van der Waals surface area contributed by atoms with E-state index in [0.29, 0.717) is 23.6 Å². The van der Waals surface area contributed by atoms with Crippen molar-refractivity contribution in [2.45, 2.75) is 57.5 Å². The molecule has 1 aliphatic heterocycles. The van der Waals surface area contributed by atoms with Gasteiger partial charge in [0.25, 0.3) is 11.7 Å². The van der Waals surface area contributed by atoms with Crippen LogP contribution < -0.4 is 5.32 Å². The van der Waals surface area contributed by atoms with Crippen molar-refractivity contribution in [2.75, 3.05) is 6.54 Å². The summed E-state index contributed by atoms with van der Waals surface area (Å²) in [6, 6.07) is 16.4. The second kappa shape index (κ2) is 10.3. The monoisotopic (exact) mass is 482 g/mol. The van der Waals surface area contributed by atoms with E-state index in [-0.39, 0.29) is 35.5 Å². The fraction of sp³-hybridized carbons (Fsp3) is 0.393. The van der Waals surface area contributed by atoms with E-state index in [1.165, 1.54) is 6.42 Å². The number of carbonyl (C=O) groups excluding carboxylic acids is 2. The molecule has 2 amide bonds. The van der Waals surface area contributed by atoms with Gasteiger partial charge in [-0.15, -0.1) is 5.10 Å². The molecule has 36 heavy (non-hydrogen) atoms. The minimum Gasteiger partial charge on any atom is -0.360 e. The Hall–Kier alpha value is -3.99. The van der Waals surface area contributed by atoms with Crippen LogP contribution in [-0.2, 0) is 0 Å². The molecule has 2 aliphatic rings. The largest absolute Gasteiger partial charge is 0.423 e. The van der Waals surface area contributed by atoms with Crippen molar-refractivity contribution in [3.8, 4) is 11.3 Å². The lowest BCUT2D eigenvalue weighted by Crippen LogP contribution is -2.51. The van der Waals surface area contributed by atoms with Crippen molar-refractivity contribution >= 4 is 17.8 Å². The summed E-state index contributed by atoms with van der Waals surface area (Å²) in [5.41, 5.74) is 2.10. The Kier molecular flexibility index (Phi) is 6.81. The van der Waals surface area contributed by atoms with E-state index in [1.807, 2.05) is 42.2 Å². The van der Waals surface area contributed by atoms with E-state index in [1.54, 1.807) is 24.3 Å². The number of nitrogens with one attached hydrogen (secondary N) is 1. The zero-order chi connectivity index (χ0) is 25.1. The molecule has 2 unspecified atom stereocenters. The molecule has 1 N–H and O–H groups in total. The minimum absolute atomic E-state index is 0.0364. The van der Waals surface area contributed by atoms with Crippen molar-refractivity contribution in [1.29, 1.82) is 0 Å². The average Bonchev–Trinajstić information content (AvgIpc) is 3.36. The lowest BCUT2D eigenvalue weighted by Gasteiger charge is -2.42. The average molecular weight is 483 g/mol. The van der Waals surface area contributed by atoms with Crippen LogP contribution in [0.15, 0.2) is 54.6 Å². The van der Waals surface area contributed by atoms with Crippen LogP contribution in [0.1, 0.15) is 67.4 Å². The summed E-state index contributed by atoms with van der Waals surface area (Å²) in [4.78, 5) is 32.3. The van der Waals surface area contributed by atoms with Crippen molar-refractivity contribution < 1.29 is 9.59 Å². The number of rotatable bonds is 4. The number of piperidine rings is 1. The first-order valence-corrected chi connectivity index (χ1v) is 12.7. The van der Waals surface area contributed by atoms with Crippen LogP contribution in [0.5, 0.6) is 0 Å². The smallest absolute Gasteiger partial charge is 0.360 e. The molecule has 2 heterocycles. The topological polar surface area (TPSA) is 84.5 Å². The van der Waals surface area contributed by atoms with Gasteiger partial charge in [-0.05, 0) is 50.2 Å². The van der Waals surface area contributed by atoms with Crippen molar-refractivity contribution in [3.05, 3.63) is 77.1 Å². The highest BCUT2D eigenvalue weighted by molar-refractivity contribution is 6.02. The normalized spacial score (nSPS) is 20.2. The van der Waals surface area contributed by atoms with Gasteiger partial charge in [-0.1, -0.05) is 72.6 Å². The standard InChI is InChI=1S/C28H30N6O2/c1-19(20-11-4-3-5-12-20)30-27(35)23-16-8-7-15-22(23)25-26(29-2)34(32-31-25)28(36)33-18-10-14-21-13-6-9-17-24(21)33/h3-5,7-8,11-12,15-16,19,21,24H,6,9-10,13-14,17-18H2,1H3,(H,30,35)/t19-,21?,24?/m0/s1. The molecule has 0 spiro atoms. The number of carbonyl (C=O) groups is 2. The third-order valence-corrected chi connectivity index (χ3v) is 7.50. The summed E-state index contributed by atoms with van der Waals surface area (Å²) in [5, 5.41) is 11.4. The highest BCUT2D eigenvalue weighted by atomic mass is 16.2. The molecule has 1 aliphatic carbocycles. The van der Waals surface area contributed by atoms with Gasteiger partial charge >= 0.3 is 6.03 Å². The van der Waals surface area contributed by atoms with Crippen molar-refractivity contribution in [2.24, 2.45) is 5.92 Å². The molecule has 2 aromatic carbocycles. The highest BCUT2D eigenvalue weighted by Gasteiger charge is 2.39. The predicted octanol–water partition coefficient (Wildman–Crippen LogP) is 5.61. The number of hydrogen-bond donors (Lipinski definition) is 1. The lowest BCUT2D eigenvalue weighted by atomic mass is 9.78. The van der Waals surface area contributed by atoms with Crippen molar-refractivity contribution in [3.63, 3.8) is 0 Å². The maximum absolute atomic E-state index is 13.6. The molecule has 8 heteroatoms. The van der Waals surface area contributed by atoms with E-state index in [2.05, 4.69) is 20.5 Å². The third-order valence-electron chi connectivity index (χ3n) is 7.50. The zero-order valence-electron chi connectivity index (χ0n) is 20.4. The fourth-order valence-electron chi connectivity index (χ4n) is 5.65. The Labute approximate surface area is 211 Å². The van der Waals surface area contributed by atoms with Crippen LogP contribution in [-0.4, -0.2) is 44.4 Å². The quantitative estimate of drug-likeness (QED) is 0.490. The molecule has 3 atom stereocenters. The van der Waals surface area contributed by atoms with Gasteiger partial charge in [0, 0.05) is 28.9 Å². The van der Waals surface area contributed by atoms with Gasteiger partial charge in [0.2, 0.25) is 0 Å². The molecular weight excluding hydrogens is 452 g/mol. The summed E-state index contributed by atoms with van der Waals surface area (Å²) < 4.78 is 1.13. The number of fused-ring (bicyclic) bond motifs is 1. The van der Waals surface area contributed by atoms with Crippen LogP contribution in [0.3, 0.4) is 0 Å². The summed E-state index contributed by atoms with van der Waals surface area (Å²) in [5.74, 6) is 0.279. The molecule has 3 aromatic rings. The molecule has 1 saturated heterocycles. The Balaban J connectivity index is 1.43. The maximum atomic E-state index is 13.6. The first-order chi connectivity index (χ1) is 17.6. The predicted molar refractivity (Wildman–Crippen MR) is 137 cm³/mol. The maximum Gasteiger partial charge on any atom is 0.423 e. The Bertz CT molecular complexity index is 1290. The van der Waals surface area contributed by atoms with Gasteiger partial charge in [-0.2, -0.15) is 0 Å². The molecule has 2 fully saturated rings. The number of amides is 2. The van der Waals surface area contributed by atoms with Crippen LogP contribution in [0, 0.1) is 12.5 Å². The Morgan fingerprint density at radius 2 is 1.75 bits per heavy atom. The first-order valence-electron chi connectivity index (χ1n) is 12.7. The van der Waals surface area contributed by atoms with E-state index >= 15 is 0 Å². The molecule has 0 bridgehead atoms. The Morgan fingerprint density at radius 1 is 1.03 bits per heavy atom. The van der Waals surface area contributed by atoms with Gasteiger partial charge in [0.1, 0.15) is 5.69 Å². The van der Waals surface area contributed by atoms with E-state index in [0.717, 1.165) is 42.3 Å². The number of benzene rings is 2. The third kappa shape index (κ3) is 4.49. The van der Waals surface area contributed by atoms with Gasteiger partial charge in [-0.25, -0.2) is 4.79 Å². The molecule has 8 nitrogen and oxygen atoms in total. The molecular formula is C28H30N6O2. The van der Waals surface area contributed by atoms with Crippen LogP contribution in [0.25, 0.3) is 16.1 Å². The van der Waals surface area contributed by atoms with E-state index in [9.17, 15) is 9.59 Å². The molecule has 1 aromatic heterocycles. The summed E-state index contributed by atoms with van der Waals surface area (Å²) in [6.45, 7) is 10.4. The second-order valence-corrected chi connectivity index (χ2v) is 9.67. The van der Waals surface area contributed by atoms with Gasteiger partial charge in [-0.3, -0.25) is 4.79 Å².